The van der Waals surface area contributed by atoms with Crippen LogP contribution in [0.3, 0.4) is 0 Å². The topological polar surface area (TPSA) is 69.7 Å². The van der Waals surface area contributed by atoms with E-state index in [-0.39, 0.29) is 16.7 Å². The Kier molecular flexibility index (Phi) is 6.92. The zero-order valence-corrected chi connectivity index (χ0v) is 18.6. The van der Waals surface area contributed by atoms with Crippen molar-refractivity contribution in [3.05, 3.63) is 65.7 Å². The molecule has 7 heteroatoms. The summed E-state index contributed by atoms with van der Waals surface area (Å²) in [4.78, 5) is 28.7. The molecule has 0 aliphatic carbocycles. The summed E-state index contributed by atoms with van der Waals surface area (Å²) < 4.78 is 12.1. The fraction of sp³-hybridized carbons (Fsp3) is 0.391. The smallest absolute Gasteiger partial charge is 0.321 e. The standard InChI is InChI=1S/C23H29N3O3S/c1-23(2,3)30(29)17-18-8-7-11-20(16-18)24-22(28)26-14-12-25(13-15-26)21(27)19-9-5-4-6-10-19/h4-11,16H,12-15,17H2,1-3H3,(H,24,28). The summed E-state index contributed by atoms with van der Waals surface area (Å²) in [6.07, 6.45) is 0. The molecule has 1 fully saturated rings. The van der Waals surface area contributed by atoms with E-state index in [1.54, 1.807) is 21.9 Å². The Morgan fingerprint density at radius 2 is 1.57 bits per heavy atom. The summed E-state index contributed by atoms with van der Waals surface area (Å²) in [6, 6.07) is 16.5. The van der Waals surface area contributed by atoms with Crippen molar-refractivity contribution in [1.29, 1.82) is 0 Å². The Hall–Kier alpha value is -2.67. The van der Waals surface area contributed by atoms with E-state index in [1.807, 2.05) is 63.2 Å². The summed E-state index contributed by atoms with van der Waals surface area (Å²) in [6.45, 7) is 7.85. The highest BCUT2D eigenvalue weighted by atomic mass is 32.2. The summed E-state index contributed by atoms with van der Waals surface area (Å²) in [5.41, 5.74) is 2.28. The van der Waals surface area contributed by atoms with Gasteiger partial charge < -0.3 is 15.1 Å². The van der Waals surface area contributed by atoms with Crippen LogP contribution in [-0.2, 0) is 16.6 Å². The molecule has 0 radical (unpaired) electrons. The van der Waals surface area contributed by atoms with E-state index in [0.29, 0.717) is 43.2 Å². The lowest BCUT2D eigenvalue weighted by molar-refractivity contribution is 0.0671. The van der Waals surface area contributed by atoms with Crippen LogP contribution in [0.1, 0.15) is 36.7 Å². The summed E-state index contributed by atoms with van der Waals surface area (Å²) >= 11 is 0. The third-order valence-electron chi connectivity index (χ3n) is 5.03. The van der Waals surface area contributed by atoms with Crippen LogP contribution in [0.25, 0.3) is 0 Å². The molecule has 1 N–H and O–H groups in total. The van der Waals surface area contributed by atoms with Gasteiger partial charge in [0.15, 0.2) is 0 Å². The predicted molar refractivity (Wildman–Crippen MR) is 121 cm³/mol. The first-order valence-electron chi connectivity index (χ1n) is 10.1. The average Bonchev–Trinajstić information content (AvgIpc) is 2.73. The van der Waals surface area contributed by atoms with Gasteiger partial charge in [-0.25, -0.2) is 4.79 Å². The van der Waals surface area contributed by atoms with Crippen molar-refractivity contribution >= 4 is 28.4 Å². The van der Waals surface area contributed by atoms with Crippen LogP contribution in [-0.4, -0.2) is 56.9 Å². The van der Waals surface area contributed by atoms with Crippen molar-refractivity contribution in [3.8, 4) is 0 Å². The second-order valence-corrected chi connectivity index (χ2v) is 10.6. The third-order valence-corrected chi connectivity index (χ3v) is 7.00. The lowest BCUT2D eigenvalue weighted by Crippen LogP contribution is -2.51. The Morgan fingerprint density at radius 1 is 0.933 bits per heavy atom. The van der Waals surface area contributed by atoms with E-state index in [0.717, 1.165) is 5.56 Å². The van der Waals surface area contributed by atoms with Crippen molar-refractivity contribution < 1.29 is 13.8 Å². The number of anilines is 1. The summed E-state index contributed by atoms with van der Waals surface area (Å²) in [7, 11) is -0.999. The van der Waals surface area contributed by atoms with Gasteiger partial charge in [0.2, 0.25) is 0 Å². The maximum absolute atomic E-state index is 12.7. The number of nitrogens with zero attached hydrogens (tertiary/aromatic N) is 2. The normalized spacial score (nSPS) is 15.6. The molecule has 3 amide bonds. The highest BCUT2D eigenvalue weighted by molar-refractivity contribution is 7.85. The van der Waals surface area contributed by atoms with E-state index < -0.39 is 10.8 Å². The zero-order valence-electron chi connectivity index (χ0n) is 17.8. The van der Waals surface area contributed by atoms with Gasteiger partial charge >= 0.3 is 6.03 Å². The minimum atomic E-state index is -0.999. The quantitative estimate of drug-likeness (QED) is 0.808. The number of hydrogen-bond acceptors (Lipinski definition) is 3. The van der Waals surface area contributed by atoms with Crippen LogP contribution in [0.4, 0.5) is 10.5 Å². The number of carbonyl (C=O) groups excluding carboxylic acids is 2. The molecular weight excluding hydrogens is 398 g/mol. The first-order valence-corrected chi connectivity index (χ1v) is 11.4. The molecule has 1 heterocycles. The molecule has 2 aromatic rings. The Morgan fingerprint density at radius 3 is 2.20 bits per heavy atom. The highest BCUT2D eigenvalue weighted by Gasteiger charge is 2.25. The number of rotatable bonds is 4. The second kappa shape index (κ2) is 9.43. The van der Waals surface area contributed by atoms with Gasteiger partial charge in [-0.05, 0) is 50.6 Å². The van der Waals surface area contributed by atoms with Crippen molar-refractivity contribution in [2.75, 3.05) is 31.5 Å². The van der Waals surface area contributed by atoms with Gasteiger partial charge in [-0.3, -0.25) is 9.00 Å². The fourth-order valence-electron chi connectivity index (χ4n) is 3.19. The van der Waals surface area contributed by atoms with E-state index >= 15 is 0 Å². The van der Waals surface area contributed by atoms with Crippen molar-refractivity contribution in [1.82, 2.24) is 9.80 Å². The van der Waals surface area contributed by atoms with Crippen LogP contribution < -0.4 is 5.32 Å². The van der Waals surface area contributed by atoms with Gasteiger partial charge in [0.1, 0.15) is 0 Å². The SMILES string of the molecule is CC(C)(C)S(=O)Cc1cccc(NC(=O)N2CCN(C(=O)c3ccccc3)CC2)c1. The molecule has 6 nitrogen and oxygen atoms in total. The van der Waals surface area contributed by atoms with Crippen molar-refractivity contribution in [2.45, 2.75) is 31.3 Å². The number of urea groups is 1. The van der Waals surface area contributed by atoms with Gasteiger partial charge in [0.05, 0.1) is 0 Å². The number of hydrogen-bond donors (Lipinski definition) is 1. The fourth-order valence-corrected chi connectivity index (χ4v) is 4.10. The molecule has 1 atom stereocenters. The molecule has 0 spiro atoms. The van der Waals surface area contributed by atoms with E-state index in [4.69, 9.17) is 0 Å². The first kappa shape index (κ1) is 22.0. The van der Waals surface area contributed by atoms with Gasteiger partial charge in [0, 0.05) is 58.7 Å². The number of amides is 3. The van der Waals surface area contributed by atoms with Crippen molar-refractivity contribution in [3.63, 3.8) is 0 Å². The maximum atomic E-state index is 12.7. The predicted octanol–water partition coefficient (Wildman–Crippen LogP) is 3.72. The minimum Gasteiger partial charge on any atom is -0.335 e. The van der Waals surface area contributed by atoms with Crippen LogP contribution in [0.15, 0.2) is 54.6 Å². The first-order chi connectivity index (χ1) is 14.2. The molecule has 1 aliphatic heterocycles. The lowest BCUT2D eigenvalue weighted by Gasteiger charge is -2.34. The van der Waals surface area contributed by atoms with Gasteiger partial charge in [-0.2, -0.15) is 0 Å². The largest absolute Gasteiger partial charge is 0.335 e. The van der Waals surface area contributed by atoms with E-state index in [2.05, 4.69) is 5.32 Å². The number of carbonyl (C=O) groups is 2. The molecule has 30 heavy (non-hydrogen) atoms. The summed E-state index contributed by atoms with van der Waals surface area (Å²) in [5, 5.41) is 2.92. The van der Waals surface area contributed by atoms with Crippen LogP contribution in [0.5, 0.6) is 0 Å². The molecule has 1 saturated heterocycles. The number of piperazine rings is 1. The summed E-state index contributed by atoms with van der Waals surface area (Å²) in [5.74, 6) is 0.447. The average molecular weight is 428 g/mol. The molecule has 0 bridgehead atoms. The van der Waals surface area contributed by atoms with Crippen LogP contribution in [0, 0.1) is 0 Å². The molecule has 0 saturated carbocycles. The zero-order chi connectivity index (χ0) is 21.7. The lowest BCUT2D eigenvalue weighted by atomic mass is 10.2. The van der Waals surface area contributed by atoms with Crippen molar-refractivity contribution in [2.24, 2.45) is 0 Å². The number of nitrogens with one attached hydrogen (secondary N) is 1. The monoisotopic (exact) mass is 427 g/mol. The minimum absolute atomic E-state index is 0.00444. The molecule has 1 unspecified atom stereocenters. The van der Waals surface area contributed by atoms with Gasteiger partial charge in [0.25, 0.3) is 5.91 Å². The highest BCUT2D eigenvalue weighted by Crippen LogP contribution is 2.19. The second-order valence-electron chi connectivity index (χ2n) is 8.38. The molecule has 160 valence electrons. The Balaban J connectivity index is 1.54. The Labute approximate surface area is 180 Å². The van der Waals surface area contributed by atoms with E-state index in [1.165, 1.54) is 0 Å². The van der Waals surface area contributed by atoms with Gasteiger partial charge in [-0.1, -0.05) is 30.3 Å². The third kappa shape index (κ3) is 5.69. The molecule has 2 aromatic carbocycles. The molecule has 0 aromatic heterocycles. The van der Waals surface area contributed by atoms with E-state index in [9.17, 15) is 13.8 Å². The number of benzene rings is 2. The maximum Gasteiger partial charge on any atom is 0.321 e. The molecule has 1 aliphatic rings. The molecular formula is C23H29N3O3S. The van der Waals surface area contributed by atoms with Crippen LogP contribution >= 0.6 is 0 Å². The van der Waals surface area contributed by atoms with Crippen LogP contribution in [0.2, 0.25) is 0 Å². The van der Waals surface area contributed by atoms with Gasteiger partial charge in [-0.15, -0.1) is 0 Å². The molecule has 3 rings (SSSR count). The Bertz CT molecular complexity index is 917.